The summed E-state index contributed by atoms with van der Waals surface area (Å²) in [6, 6.07) is 8.21. The van der Waals surface area contributed by atoms with E-state index in [1.165, 1.54) is 12.8 Å². The maximum absolute atomic E-state index is 13.4. The number of amides is 3. The Labute approximate surface area is 212 Å². The largest absolute Gasteiger partial charge is 0.466 e. The molecule has 192 valence electrons. The van der Waals surface area contributed by atoms with Gasteiger partial charge in [-0.25, -0.2) is 0 Å². The third-order valence-electron chi connectivity index (χ3n) is 6.59. The van der Waals surface area contributed by atoms with Crippen LogP contribution in [0.1, 0.15) is 57.4 Å². The standard InChI is InChI=1S/C26H37N3O5S/c1-2-34-24(31)16-22(35)20(15-19-12-13-27-25(19)32)29-26(33)21(14-18-6-4-3-5-7-18)28-23(30)11-10-17-8-9-17/h3-7,17,19-22,35H,2,8-16H2,1H3,(H,27,32)(H,28,30)(H,29,33)/t19-,20-,21-,22-/m0/s1. The average molecular weight is 504 g/mol. The first-order valence-corrected chi connectivity index (χ1v) is 13.1. The maximum Gasteiger partial charge on any atom is 0.306 e. The van der Waals surface area contributed by atoms with E-state index in [-0.39, 0.29) is 36.7 Å². The van der Waals surface area contributed by atoms with Crippen LogP contribution in [-0.4, -0.2) is 54.2 Å². The normalized spacial score (nSPS) is 19.8. The molecule has 4 atom stereocenters. The number of carbonyl (C=O) groups excluding carboxylic acids is 4. The fraction of sp³-hybridized carbons (Fsp3) is 0.615. The van der Waals surface area contributed by atoms with Crippen LogP contribution in [0.3, 0.4) is 0 Å². The highest BCUT2D eigenvalue weighted by Gasteiger charge is 2.33. The fourth-order valence-electron chi connectivity index (χ4n) is 4.37. The van der Waals surface area contributed by atoms with Crippen LogP contribution in [0.25, 0.3) is 0 Å². The zero-order valence-corrected chi connectivity index (χ0v) is 21.2. The van der Waals surface area contributed by atoms with Crippen molar-refractivity contribution < 1.29 is 23.9 Å². The van der Waals surface area contributed by atoms with Crippen LogP contribution < -0.4 is 16.0 Å². The summed E-state index contributed by atoms with van der Waals surface area (Å²) in [4.78, 5) is 50.3. The third-order valence-corrected chi connectivity index (χ3v) is 7.13. The molecule has 2 fully saturated rings. The molecule has 3 N–H and O–H groups in total. The van der Waals surface area contributed by atoms with Crippen molar-refractivity contribution in [1.82, 2.24) is 16.0 Å². The van der Waals surface area contributed by atoms with E-state index in [4.69, 9.17) is 4.74 Å². The maximum atomic E-state index is 13.4. The van der Waals surface area contributed by atoms with Gasteiger partial charge in [-0.05, 0) is 37.7 Å². The number of esters is 1. The molecule has 1 saturated carbocycles. The number of thiol groups is 1. The van der Waals surface area contributed by atoms with E-state index >= 15 is 0 Å². The molecule has 0 unspecified atom stereocenters. The second kappa shape index (κ2) is 13.5. The van der Waals surface area contributed by atoms with Crippen LogP contribution in [0.2, 0.25) is 0 Å². The van der Waals surface area contributed by atoms with Crippen molar-refractivity contribution in [2.45, 2.75) is 75.6 Å². The number of ether oxygens (including phenoxy) is 1. The van der Waals surface area contributed by atoms with Crippen LogP contribution in [0, 0.1) is 11.8 Å². The van der Waals surface area contributed by atoms with Gasteiger partial charge < -0.3 is 20.7 Å². The summed E-state index contributed by atoms with van der Waals surface area (Å²) in [6.45, 7) is 2.58. The summed E-state index contributed by atoms with van der Waals surface area (Å²) in [5.41, 5.74) is 0.927. The minimum atomic E-state index is -0.771. The molecule has 1 saturated heterocycles. The predicted molar refractivity (Wildman–Crippen MR) is 136 cm³/mol. The minimum Gasteiger partial charge on any atom is -0.466 e. The lowest BCUT2D eigenvalue weighted by molar-refractivity contribution is -0.143. The van der Waals surface area contributed by atoms with Gasteiger partial charge in [0.05, 0.1) is 13.0 Å². The smallest absolute Gasteiger partial charge is 0.306 e. The molecule has 9 heteroatoms. The monoisotopic (exact) mass is 503 g/mol. The van der Waals surface area contributed by atoms with Gasteiger partial charge in [-0.1, -0.05) is 43.2 Å². The zero-order valence-electron chi connectivity index (χ0n) is 20.3. The van der Waals surface area contributed by atoms with Crippen molar-refractivity contribution in [3.8, 4) is 0 Å². The molecule has 0 radical (unpaired) electrons. The van der Waals surface area contributed by atoms with E-state index in [1.807, 2.05) is 30.3 Å². The summed E-state index contributed by atoms with van der Waals surface area (Å²) in [5.74, 6) is -0.602. The Morgan fingerprint density at radius 2 is 1.89 bits per heavy atom. The molecule has 1 aromatic rings. The van der Waals surface area contributed by atoms with Crippen molar-refractivity contribution >= 4 is 36.3 Å². The van der Waals surface area contributed by atoms with Gasteiger partial charge in [-0.15, -0.1) is 0 Å². The first-order chi connectivity index (χ1) is 16.9. The minimum absolute atomic E-state index is 0.00728. The molecule has 3 amide bonds. The summed E-state index contributed by atoms with van der Waals surface area (Å²) in [6.07, 6.45) is 4.94. The molecule has 1 heterocycles. The topological polar surface area (TPSA) is 114 Å². The van der Waals surface area contributed by atoms with E-state index in [2.05, 4.69) is 28.6 Å². The highest BCUT2D eigenvalue weighted by molar-refractivity contribution is 7.81. The van der Waals surface area contributed by atoms with Gasteiger partial charge in [-0.3, -0.25) is 19.2 Å². The lowest BCUT2D eigenvalue weighted by Crippen LogP contribution is -2.53. The van der Waals surface area contributed by atoms with Crippen LogP contribution in [0.15, 0.2) is 30.3 Å². The Kier molecular flexibility index (Phi) is 10.4. The van der Waals surface area contributed by atoms with Crippen molar-refractivity contribution in [2.75, 3.05) is 13.2 Å². The first-order valence-electron chi connectivity index (χ1n) is 12.6. The molecule has 2 aliphatic rings. The highest BCUT2D eigenvalue weighted by atomic mass is 32.1. The fourth-order valence-corrected chi connectivity index (χ4v) is 4.72. The molecule has 0 bridgehead atoms. The lowest BCUT2D eigenvalue weighted by atomic mass is 9.94. The van der Waals surface area contributed by atoms with Crippen molar-refractivity contribution in [1.29, 1.82) is 0 Å². The number of nitrogens with one attached hydrogen (secondary N) is 3. The highest BCUT2D eigenvalue weighted by Crippen LogP contribution is 2.33. The summed E-state index contributed by atoms with van der Waals surface area (Å²) in [5, 5.41) is 8.19. The average Bonchev–Trinajstić information content (AvgIpc) is 3.58. The molecule has 35 heavy (non-hydrogen) atoms. The molecule has 1 aliphatic heterocycles. The van der Waals surface area contributed by atoms with Crippen LogP contribution in [0.4, 0.5) is 0 Å². The first kappa shape index (κ1) is 27.0. The van der Waals surface area contributed by atoms with E-state index in [9.17, 15) is 19.2 Å². The molecular weight excluding hydrogens is 466 g/mol. The SMILES string of the molecule is CCOC(=O)C[C@H](S)[C@H](C[C@@H]1CCNC1=O)NC(=O)[C@H](Cc1ccccc1)NC(=O)CCC1CC1. The molecule has 3 rings (SSSR count). The molecule has 0 spiro atoms. The Morgan fingerprint density at radius 3 is 2.51 bits per heavy atom. The Hall–Kier alpha value is -2.55. The van der Waals surface area contributed by atoms with Crippen LogP contribution in [-0.2, 0) is 30.3 Å². The van der Waals surface area contributed by atoms with Gasteiger partial charge in [0.1, 0.15) is 6.04 Å². The summed E-state index contributed by atoms with van der Waals surface area (Å²) in [7, 11) is 0. The van der Waals surface area contributed by atoms with Crippen molar-refractivity contribution in [2.24, 2.45) is 11.8 Å². The number of rotatable bonds is 14. The summed E-state index contributed by atoms with van der Waals surface area (Å²) < 4.78 is 5.05. The summed E-state index contributed by atoms with van der Waals surface area (Å²) >= 11 is 4.60. The van der Waals surface area contributed by atoms with Gasteiger partial charge in [-0.2, -0.15) is 12.6 Å². The number of carbonyl (C=O) groups is 4. The van der Waals surface area contributed by atoms with Gasteiger partial charge in [0.2, 0.25) is 17.7 Å². The molecule has 8 nitrogen and oxygen atoms in total. The Morgan fingerprint density at radius 1 is 1.14 bits per heavy atom. The predicted octanol–water partition coefficient (Wildman–Crippen LogP) is 2.17. The Balaban J connectivity index is 1.70. The molecule has 1 aromatic carbocycles. The molecule has 0 aromatic heterocycles. The van der Waals surface area contributed by atoms with Gasteiger partial charge >= 0.3 is 5.97 Å². The van der Waals surface area contributed by atoms with Crippen LogP contribution >= 0.6 is 12.6 Å². The second-order valence-electron chi connectivity index (χ2n) is 9.50. The van der Waals surface area contributed by atoms with E-state index in [0.717, 1.165) is 12.0 Å². The third kappa shape index (κ3) is 9.20. The van der Waals surface area contributed by atoms with Crippen molar-refractivity contribution in [3.63, 3.8) is 0 Å². The lowest BCUT2D eigenvalue weighted by Gasteiger charge is -2.28. The Bertz CT molecular complexity index is 877. The zero-order chi connectivity index (χ0) is 25.2. The van der Waals surface area contributed by atoms with E-state index in [0.29, 0.717) is 38.1 Å². The van der Waals surface area contributed by atoms with Gasteiger partial charge in [0.15, 0.2) is 0 Å². The molecule has 1 aliphatic carbocycles. The second-order valence-corrected chi connectivity index (χ2v) is 10.2. The quantitative estimate of drug-likeness (QED) is 0.230. The van der Waals surface area contributed by atoms with E-state index in [1.54, 1.807) is 6.92 Å². The number of benzene rings is 1. The molecular formula is C26H37N3O5S. The number of hydrogen-bond acceptors (Lipinski definition) is 6. The van der Waals surface area contributed by atoms with E-state index < -0.39 is 23.3 Å². The van der Waals surface area contributed by atoms with Gasteiger partial charge in [0.25, 0.3) is 0 Å². The number of hydrogen-bond donors (Lipinski definition) is 4. The van der Waals surface area contributed by atoms with Crippen molar-refractivity contribution in [3.05, 3.63) is 35.9 Å². The van der Waals surface area contributed by atoms with Gasteiger partial charge in [0, 0.05) is 36.6 Å². The van der Waals surface area contributed by atoms with Crippen LogP contribution in [0.5, 0.6) is 0 Å².